The van der Waals surface area contributed by atoms with Gasteiger partial charge < -0.3 is 10.5 Å². The first kappa shape index (κ1) is 10.7. The molecular formula is C11H13ClFNO. The molecule has 0 bridgehead atoms. The van der Waals surface area contributed by atoms with Crippen molar-refractivity contribution in [3.63, 3.8) is 0 Å². The number of hydrogen-bond donors (Lipinski definition) is 1. The van der Waals surface area contributed by atoms with Gasteiger partial charge in [0.05, 0.1) is 12.1 Å². The number of ether oxygens (including phenoxy) is 1. The summed E-state index contributed by atoms with van der Waals surface area (Å²) in [6.07, 6.45) is 1.94. The van der Waals surface area contributed by atoms with Crippen molar-refractivity contribution in [1.82, 2.24) is 0 Å². The third-order valence-corrected chi connectivity index (χ3v) is 3.44. The summed E-state index contributed by atoms with van der Waals surface area (Å²) in [5.74, 6) is 0.0531. The Balaban J connectivity index is 2.50. The molecule has 1 aliphatic carbocycles. The molecule has 0 saturated heterocycles. The van der Waals surface area contributed by atoms with Gasteiger partial charge >= 0.3 is 0 Å². The molecule has 4 heteroatoms. The SMILES string of the molecule is COc1cc(F)c(Cl)c(C2(CN)CC2)c1. The second-order valence-corrected chi connectivity index (χ2v) is 4.33. The fraction of sp³-hybridized carbons (Fsp3) is 0.455. The molecule has 0 radical (unpaired) electrons. The molecule has 1 fully saturated rings. The van der Waals surface area contributed by atoms with Crippen molar-refractivity contribution in [2.45, 2.75) is 18.3 Å². The van der Waals surface area contributed by atoms with Crippen molar-refractivity contribution in [2.24, 2.45) is 5.73 Å². The zero-order valence-corrected chi connectivity index (χ0v) is 9.27. The Labute approximate surface area is 93.2 Å². The second kappa shape index (κ2) is 3.65. The van der Waals surface area contributed by atoms with Crippen LogP contribution in [0, 0.1) is 5.82 Å². The summed E-state index contributed by atoms with van der Waals surface area (Å²) in [6, 6.07) is 3.07. The van der Waals surface area contributed by atoms with Crippen LogP contribution in [0.4, 0.5) is 4.39 Å². The molecule has 0 amide bonds. The number of rotatable bonds is 3. The van der Waals surface area contributed by atoms with Crippen LogP contribution in [0.15, 0.2) is 12.1 Å². The highest BCUT2D eigenvalue weighted by Crippen LogP contribution is 2.50. The van der Waals surface area contributed by atoms with Crippen molar-refractivity contribution in [2.75, 3.05) is 13.7 Å². The highest BCUT2D eigenvalue weighted by atomic mass is 35.5. The zero-order chi connectivity index (χ0) is 11.1. The molecule has 0 heterocycles. The predicted molar refractivity (Wildman–Crippen MR) is 57.9 cm³/mol. The van der Waals surface area contributed by atoms with Crippen LogP contribution in [0.3, 0.4) is 0 Å². The van der Waals surface area contributed by atoms with Crippen molar-refractivity contribution in [3.8, 4) is 5.75 Å². The van der Waals surface area contributed by atoms with Crippen LogP contribution in [-0.4, -0.2) is 13.7 Å². The fourth-order valence-corrected chi connectivity index (χ4v) is 2.11. The van der Waals surface area contributed by atoms with Crippen LogP contribution in [0.1, 0.15) is 18.4 Å². The van der Waals surface area contributed by atoms with Gasteiger partial charge in [0.2, 0.25) is 0 Å². The van der Waals surface area contributed by atoms with Gasteiger partial charge in [-0.15, -0.1) is 0 Å². The van der Waals surface area contributed by atoms with E-state index in [4.69, 9.17) is 22.1 Å². The van der Waals surface area contributed by atoms with Gasteiger partial charge in [-0.2, -0.15) is 0 Å². The molecule has 2 nitrogen and oxygen atoms in total. The maximum atomic E-state index is 13.5. The van der Waals surface area contributed by atoms with Crippen LogP contribution in [-0.2, 0) is 5.41 Å². The molecule has 1 saturated carbocycles. The highest BCUT2D eigenvalue weighted by Gasteiger charge is 2.45. The van der Waals surface area contributed by atoms with E-state index in [1.807, 2.05) is 0 Å². The Bertz CT molecular complexity index is 390. The van der Waals surface area contributed by atoms with Gasteiger partial charge in [-0.3, -0.25) is 0 Å². The van der Waals surface area contributed by atoms with Crippen molar-refractivity contribution in [3.05, 3.63) is 28.5 Å². The van der Waals surface area contributed by atoms with E-state index in [0.717, 1.165) is 18.4 Å². The number of hydrogen-bond acceptors (Lipinski definition) is 2. The highest BCUT2D eigenvalue weighted by molar-refractivity contribution is 6.31. The molecule has 0 aliphatic heterocycles. The van der Waals surface area contributed by atoms with Gasteiger partial charge in [0, 0.05) is 18.0 Å². The fourth-order valence-electron chi connectivity index (χ4n) is 1.80. The van der Waals surface area contributed by atoms with E-state index in [2.05, 4.69) is 0 Å². The lowest BCUT2D eigenvalue weighted by atomic mass is 9.95. The van der Waals surface area contributed by atoms with Crippen molar-refractivity contribution in [1.29, 1.82) is 0 Å². The summed E-state index contributed by atoms with van der Waals surface area (Å²) in [7, 11) is 1.51. The minimum Gasteiger partial charge on any atom is -0.497 e. The Morgan fingerprint density at radius 2 is 2.20 bits per heavy atom. The summed E-state index contributed by atoms with van der Waals surface area (Å²) in [4.78, 5) is 0. The quantitative estimate of drug-likeness (QED) is 0.864. The topological polar surface area (TPSA) is 35.2 Å². The average molecular weight is 230 g/mol. The lowest BCUT2D eigenvalue weighted by Gasteiger charge is -2.16. The van der Waals surface area contributed by atoms with Crippen LogP contribution < -0.4 is 10.5 Å². The summed E-state index contributed by atoms with van der Waals surface area (Å²) < 4.78 is 18.5. The average Bonchev–Trinajstić information content (AvgIpc) is 3.02. The maximum Gasteiger partial charge on any atom is 0.145 e. The molecule has 1 aromatic carbocycles. The number of halogens is 2. The largest absolute Gasteiger partial charge is 0.497 e. The van der Waals surface area contributed by atoms with Crippen LogP contribution in [0.5, 0.6) is 5.75 Å². The van der Waals surface area contributed by atoms with Crippen LogP contribution in [0.25, 0.3) is 0 Å². The van der Waals surface area contributed by atoms with Crippen LogP contribution >= 0.6 is 11.6 Å². The minimum absolute atomic E-state index is 0.119. The van der Waals surface area contributed by atoms with Gasteiger partial charge in [0.1, 0.15) is 11.6 Å². The van der Waals surface area contributed by atoms with Gasteiger partial charge in [0.25, 0.3) is 0 Å². The second-order valence-electron chi connectivity index (χ2n) is 3.96. The molecule has 0 spiro atoms. The van der Waals surface area contributed by atoms with Crippen molar-refractivity contribution < 1.29 is 9.13 Å². The minimum atomic E-state index is -0.439. The molecule has 0 unspecified atom stereocenters. The number of nitrogens with two attached hydrogens (primary N) is 1. The smallest absolute Gasteiger partial charge is 0.145 e. The van der Waals surface area contributed by atoms with Gasteiger partial charge in [-0.25, -0.2) is 4.39 Å². The number of benzene rings is 1. The van der Waals surface area contributed by atoms with E-state index >= 15 is 0 Å². The first-order valence-corrected chi connectivity index (χ1v) is 5.24. The van der Waals surface area contributed by atoms with E-state index in [9.17, 15) is 4.39 Å². The summed E-state index contributed by atoms with van der Waals surface area (Å²) in [5.41, 5.74) is 6.35. The molecule has 1 aromatic rings. The van der Waals surface area contributed by atoms with Gasteiger partial charge in [0.15, 0.2) is 0 Å². The molecule has 82 valence electrons. The predicted octanol–water partition coefficient (Wildman–Crippen LogP) is 2.48. The van der Waals surface area contributed by atoms with Gasteiger partial charge in [-0.05, 0) is 24.5 Å². The molecule has 1 aliphatic rings. The third-order valence-electron chi connectivity index (χ3n) is 3.05. The summed E-state index contributed by atoms with van der Waals surface area (Å²) in [6.45, 7) is 0.499. The Hall–Kier alpha value is -0.800. The summed E-state index contributed by atoms with van der Waals surface area (Å²) in [5, 5.41) is 0.179. The Kier molecular flexibility index (Phi) is 2.61. The van der Waals surface area contributed by atoms with E-state index in [-0.39, 0.29) is 10.4 Å². The normalized spacial score (nSPS) is 17.6. The molecular weight excluding hydrogens is 217 g/mol. The van der Waals surface area contributed by atoms with E-state index in [0.29, 0.717) is 12.3 Å². The van der Waals surface area contributed by atoms with Crippen molar-refractivity contribution >= 4 is 11.6 Å². The maximum absolute atomic E-state index is 13.5. The standard InChI is InChI=1S/C11H13ClFNO/c1-15-7-4-8(10(12)9(13)5-7)11(6-14)2-3-11/h4-5H,2-3,6,14H2,1H3. The van der Waals surface area contributed by atoms with Gasteiger partial charge in [-0.1, -0.05) is 11.6 Å². The first-order chi connectivity index (χ1) is 7.13. The molecule has 2 N–H and O–H groups in total. The van der Waals surface area contributed by atoms with Crippen LogP contribution in [0.2, 0.25) is 5.02 Å². The van der Waals surface area contributed by atoms with E-state index in [1.165, 1.54) is 13.2 Å². The molecule has 0 atom stereocenters. The van der Waals surface area contributed by atoms with E-state index in [1.54, 1.807) is 6.07 Å². The lowest BCUT2D eigenvalue weighted by Crippen LogP contribution is -2.20. The summed E-state index contributed by atoms with van der Waals surface area (Å²) >= 11 is 5.94. The lowest BCUT2D eigenvalue weighted by molar-refractivity contribution is 0.410. The molecule has 2 rings (SSSR count). The third kappa shape index (κ3) is 1.70. The Morgan fingerprint density at radius 3 is 2.67 bits per heavy atom. The zero-order valence-electron chi connectivity index (χ0n) is 8.52. The molecule has 15 heavy (non-hydrogen) atoms. The first-order valence-electron chi connectivity index (χ1n) is 4.86. The number of methoxy groups -OCH3 is 1. The monoisotopic (exact) mass is 229 g/mol. The van der Waals surface area contributed by atoms with E-state index < -0.39 is 5.82 Å². The Morgan fingerprint density at radius 1 is 1.53 bits per heavy atom. The molecule has 0 aromatic heterocycles.